The van der Waals surface area contributed by atoms with Crippen molar-refractivity contribution in [2.45, 2.75) is 70.8 Å². The number of alkyl halides is 2. The number of hydrogen-bond acceptors (Lipinski definition) is 6. The molecule has 1 aliphatic carbocycles. The van der Waals surface area contributed by atoms with Gasteiger partial charge >= 0.3 is 0 Å². The first-order chi connectivity index (χ1) is 16.0. The average Bonchev–Trinajstić information content (AvgIpc) is 3.24. The number of pyridine rings is 1. The zero-order valence-electron chi connectivity index (χ0n) is 19.1. The van der Waals surface area contributed by atoms with E-state index in [9.17, 15) is 13.6 Å². The summed E-state index contributed by atoms with van der Waals surface area (Å²) < 4.78 is 29.8. The Bertz CT molecular complexity index is 885. The topological polar surface area (TPSA) is 55.3 Å². The molecule has 0 bridgehead atoms. The van der Waals surface area contributed by atoms with E-state index in [2.05, 4.69) is 14.9 Å². The molecule has 0 amide bonds. The smallest absolute Gasteiger partial charge is 0.273 e. The lowest BCUT2D eigenvalue weighted by Crippen LogP contribution is -2.32. The minimum Gasteiger partial charge on any atom is -0.464 e. The first-order valence-electron chi connectivity index (χ1n) is 12.1. The van der Waals surface area contributed by atoms with Crippen LogP contribution < -0.4 is 4.74 Å². The number of halogens is 2. The zero-order chi connectivity index (χ0) is 23.0. The van der Waals surface area contributed by atoms with Gasteiger partial charge in [0.2, 0.25) is 0 Å². The molecule has 0 saturated heterocycles. The lowest BCUT2D eigenvalue weighted by molar-refractivity contribution is -0.120. The summed E-state index contributed by atoms with van der Waals surface area (Å²) in [6.07, 6.45) is 10.1. The Labute approximate surface area is 198 Å². The van der Waals surface area contributed by atoms with E-state index in [1.807, 2.05) is 18.3 Å². The summed E-state index contributed by atoms with van der Waals surface area (Å²) in [4.78, 5) is 24.5. The first kappa shape index (κ1) is 24.2. The van der Waals surface area contributed by atoms with E-state index < -0.39 is 13.0 Å². The summed E-state index contributed by atoms with van der Waals surface area (Å²) in [7, 11) is 0. The SMILES string of the molecule is O=C(CCc1cccnc1)CC1CCC(CCN2CCc3sc(OCC(F)F)nc3C2)CC1. The Hall–Kier alpha value is -1.93. The molecule has 3 heterocycles. The summed E-state index contributed by atoms with van der Waals surface area (Å²) >= 11 is 1.41. The van der Waals surface area contributed by atoms with Gasteiger partial charge in [-0.05, 0) is 62.1 Å². The molecule has 0 unspecified atom stereocenters. The highest BCUT2D eigenvalue weighted by Gasteiger charge is 2.25. The second-order valence-corrected chi connectivity index (χ2v) is 10.4. The molecule has 1 aliphatic heterocycles. The van der Waals surface area contributed by atoms with Crippen molar-refractivity contribution in [3.8, 4) is 5.19 Å². The van der Waals surface area contributed by atoms with E-state index in [0.29, 0.717) is 23.3 Å². The predicted molar refractivity (Wildman–Crippen MR) is 125 cm³/mol. The molecule has 0 radical (unpaired) electrons. The standard InChI is InChI=1S/C25H33F2N3O2S/c26-24(27)17-32-25-29-22-16-30(13-10-23(22)33-25)12-9-18-3-5-19(6-4-18)14-21(31)8-7-20-2-1-11-28-15-20/h1-2,11,15,18-19,24H,3-10,12-14,16-17H2. The molecular formula is C25H33F2N3O2S. The minimum absolute atomic E-state index is 0.371. The number of carbonyl (C=O) groups is 1. The first-order valence-corrected chi connectivity index (χ1v) is 12.9. The molecule has 180 valence electrons. The molecule has 0 atom stereocenters. The highest BCUT2D eigenvalue weighted by molar-refractivity contribution is 7.13. The second-order valence-electron chi connectivity index (χ2n) is 9.36. The number of thiazole rings is 1. The average molecular weight is 478 g/mol. The number of ether oxygens (including phenoxy) is 1. The van der Waals surface area contributed by atoms with Crippen LogP contribution in [0.1, 0.15) is 61.1 Å². The van der Waals surface area contributed by atoms with E-state index in [4.69, 9.17) is 4.74 Å². The van der Waals surface area contributed by atoms with Gasteiger partial charge in [-0.3, -0.25) is 14.7 Å². The number of hydrogen-bond donors (Lipinski definition) is 0. The fourth-order valence-corrected chi connectivity index (χ4v) is 5.87. The highest BCUT2D eigenvalue weighted by Crippen LogP contribution is 2.34. The summed E-state index contributed by atoms with van der Waals surface area (Å²) in [5, 5.41) is 0.371. The van der Waals surface area contributed by atoms with Crippen LogP contribution in [0.2, 0.25) is 0 Å². The monoisotopic (exact) mass is 477 g/mol. The van der Waals surface area contributed by atoms with Crippen LogP contribution in [0.5, 0.6) is 5.19 Å². The van der Waals surface area contributed by atoms with Gasteiger partial charge in [0.25, 0.3) is 11.6 Å². The Kier molecular flexibility index (Phi) is 8.78. The van der Waals surface area contributed by atoms with Gasteiger partial charge in [0.1, 0.15) is 5.78 Å². The lowest BCUT2D eigenvalue weighted by atomic mass is 9.78. The molecule has 0 aromatic carbocycles. The van der Waals surface area contributed by atoms with Gasteiger partial charge in [0.05, 0.1) is 5.69 Å². The van der Waals surface area contributed by atoms with Gasteiger partial charge in [0, 0.05) is 43.2 Å². The molecule has 2 aromatic heterocycles. The number of aryl methyl sites for hydroxylation is 1. The third-order valence-electron chi connectivity index (χ3n) is 6.87. The van der Waals surface area contributed by atoms with Crippen molar-refractivity contribution in [1.82, 2.24) is 14.9 Å². The number of carbonyl (C=O) groups excluding carboxylic acids is 1. The van der Waals surface area contributed by atoms with Gasteiger partial charge in [-0.15, -0.1) is 0 Å². The number of fused-ring (bicyclic) bond motifs is 1. The van der Waals surface area contributed by atoms with Crippen LogP contribution in [0.3, 0.4) is 0 Å². The van der Waals surface area contributed by atoms with Crippen LogP contribution in [0.15, 0.2) is 24.5 Å². The van der Waals surface area contributed by atoms with Crippen molar-refractivity contribution in [1.29, 1.82) is 0 Å². The molecule has 2 aromatic rings. The van der Waals surface area contributed by atoms with Crippen LogP contribution in [-0.2, 0) is 24.2 Å². The van der Waals surface area contributed by atoms with Gasteiger partial charge in [-0.2, -0.15) is 0 Å². The largest absolute Gasteiger partial charge is 0.464 e. The number of Topliss-reactive ketones (excluding diaryl/α,β-unsaturated/α-hetero) is 1. The summed E-state index contributed by atoms with van der Waals surface area (Å²) in [5.41, 5.74) is 2.12. The molecule has 0 spiro atoms. The second kappa shape index (κ2) is 12.0. The molecule has 8 heteroatoms. The molecule has 33 heavy (non-hydrogen) atoms. The summed E-state index contributed by atoms with van der Waals surface area (Å²) in [5.74, 6) is 1.65. The van der Waals surface area contributed by atoms with E-state index >= 15 is 0 Å². The van der Waals surface area contributed by atoms with Crippen LogP contribution in [0.25, 0.3) is 0 Å². The van der Waals surface area contributed by atoms with Gasteiger partial charge in [-0.1, -0.05) is 30.2 Å². The molecule has 1 fully saturated rings. The van der Waals surface area contributed by atoms with Crippen LogP contribution in [-0.4, -0.2) is 46.8 Å². The molecule has 5 nitrogen and oxygen atoms in total. The van der Waals surface area contributed by atoms with Crippen molar-refractivity contribution in [2.75, 3.05) is 19.7 Å². The fraction of sp³-hybridized carbons (Fsp3) is 0.640. The van der Waals surface area contributed by atoms with Crippen molar-refractivity contribution < 1.29 is 18.3 Å². The molecule has 4 rings (SSSR count). The Morgan fingerprint density at radius 3 is 2.82 bits per heavy atom. The quantitative estimate of drug-likeness (QED) is 0.438. The Balaban J connectivity index is 1.12. The number of aromatic nitrogens is 2. The number of ketones is 1. The summed E-state index contributed by atoms with van der Waals surface area (Å²) in [6, 6.07) is 3.95. The van der Waals surface area contributed by atoms with E-state index in [0.717, 1.165) is 68.9 Å². The van der Waals surface area contributed by atoms with Gasteiger partial charge in [0.15, 0.2) is 6.61 Å². The van der Waals surface area contributed by atoms with Crippen molar-refractivity contribution in [2.24, 2.45) is 11.8 Å². The predicted octanol–water partition coefficient (Wildman–Crippen LogP) is 5.33. The zero-order valence-corrected chi connectivity index (χ0v) is 19.9. The Morgan fingerprint density at radius 1 is 1.24 bits per heavy atom. The normalized spacial score (nSPS) is 21.2. The molecule has 1 saturated carbocycles. The maximum atomic E-state index is 12.4. The van der Waals surface area contributed by atoms with Crippen LogP contribution >= 0.6 is 11.3 Å². The molecule has 2 aliphatic rings. The number of rotatable bonds is 11. The lowest BCUT2D eigenvalue weighted by Gasteiger charge is -2.31. The van der Waals surface area contributed by atoms with Crippen molar-refractivity contribution in [3.63, 3.8) is 0 Å². The van der Waals surface area contributed by atoms with Gasteiger partial charge in [-0.25, -0.2) is 13.8 Å². The van der Waals surface area contributed by atoms with Crippen LogP contribution in [0, 0.1) is 11.8 Å². The maximum Gasteiger partial charge on any atom is 0.273 e. The highest BCUT2D eigenvalue weighted by atomic mass is 32.1. The third-order valence-corrected chi connectivity index (χ3v) is 7.94. The van der Waals surface area contributed by atoms with E-state index in [-0.39, 0.29) is 0 Å². The van der Waals surface area contributed by atoms with E-state index in [1.54, 1.807) is 6.20 Å². The Morgan fingerprint density at radius 2 is 2.06 bits per heavy atom. The molecule has 0 N–H and O–H groups in total. The molecular weight excluding hydrogens is 444 g/mol. The minimum atomic E-state index is -2.47. The van der Waals surface area contributed by atoms with Crippen molar-refractivity contribution in [3.05, 3.63) is 40.7 Å². The number of nitrogens with zero attached hydrogens (tertiary/aromatic N) is 3. The summed E-state index contributed by atoms with van der Waals surface area (Å²) in [6.45, 7) is 2.23. The van der Waals surface area contributed by atoms with Crippen LogP contribution in [0.4, 0.5) is 8.78 Å². The fourth-order valence-electron chi connectivity index (χ4n) is 4.96. The third kappa shape index (κ3) is 7.54. The van der Waals surface area contributed by atoms with E-state index in [1.165, 1.54) is 35.5 Å². The van der Waals surface area contributed by atoms with Crippen molar-refractivity contribution >= 4 is 17.1 Å². The van der Waals surface area contributed by atoms with Gasteiger partial charge < -0.3 is 4.74 Å². The maximum absolute atomic E-state index is 12.4.